The number of hydrogen-bond acceptors (Lipinski definition) is 5. The summed E-state index contributed by atoms with van der Waals surface area (Å²) in [6.45, 7) is 8.85. The number of aryl methyl sites for hydroxylation is 1. The highest BCUT2D eigenvalue weighted by Gasteiger charge is 2.27. The van der Waals surface area contributed by atoms with Gasteiger partial charge in [0.15, 0.2) is 0 Å². The second-order valence-corrected chi connectivity index (χ2v) is 6.56. The van der Waals surface area contributed by atoms with Gasteiger partial charge < -0.3 is 15.0 Å². The van der Waals surface area contributed by atoms with Gasteiger partial charge in [0.2, 0.25) is 0 Å². The van der Waals surface area contributed by atoms with E-state index in [1.807, 2.05) is 27.7 Å². The fourth-order valence-corrected chi connectivity index (χ4v) is 2.46. The first-order chi connectivity index (χ1) is 9.73. The average molecular weight is 313 g/mol. The van der Waals surface area contributed by atoms with E-state index in [9.17, 15) is 4.79 Å². The Kier molecular flexibility index (Phi) is 4.56. The van der Waals surface area contributed by atoms with E-state index in [2.05, 4.69) is 20.2 Å². The number of rotatable bonds is 2. The van der Waals surface area contributed by atoms with Crippen LogP contribution >= 0.6 is 11.6 Å². The van der Waals surface area contributed by atoms with Crippen molar-refractivity contribution in [2.24, 2.45) is 0 Å². The number of anilines is 1. The van der Waals surface area contributed by atoms with Crippen LogP contribution in [0.25, 0.3) is 0 Å². The first-order valence-corrected chi connectivity index (χ1v) is 7.36. The summed E-state index contributed by atoms with van der Waals surface area (Å²) in [4.78, 5) is 22.3. The van der Waals surface area contributed by atoms with Gasteiger partial charge in [0, 0.05) is 19.2 Å². The van der Waals surface area contributed by atoms with Gasteiger partial charge in [-0.05, 0) is 34.1 Å². The molecule has 0 bridgehead atoms. The van der Waals surface area contributed by atoms with Crippen LogP contribution in [0, 0.1) is 6.92 Å². The van der Waals surface area contributed by atoms with Gasteiger partial charge in [-0.1, -0.05) is 11.6 Å². The van der Waals surface area contributed by atoms with Crippen molar-refractivity contribution in [2.45, 2.75) is 45.8 Å². The standard InChI is InChI=1S/C14H21ClN4O2/c1-9-16-11(15)7-12(17-9)19-6-5-10(8-19)18-13(20)21-14(2,3)4/h7,10H,5-6,8H2,1-4H3,(H,18,20)/t10-/m0/s1. The normalized spacial score (nSPS) is 18.7. The number of hydrogen-bond donors (Lipinski definition) is 1. The first-order valence-electron chi connectivity index (χ1n) is 6.98. The van der Waals surface area contributed by atoms with Crippen LogP contribution in [0.3, 0.4) is 0 Å². The maximum Gasteiger partial charge on any atom is 0.407 e. The Morgan fingerprint density at radius 1 is 1.48 bits per heavy atom. The zero-order valence-electron chi connectivity index (χ0n) is 12.8. The summed E-state index contributed by atoms with van der Waals surface area (Å²) in [6, 6.07) is 1.79. The Labute approximate surface area is 129 Å². The molecule has 1 fully saturated rings. The lowest BCUT2D eigenvalue weighted by molar-refractivity contribution is 0.0509. The number of halogens is 1. The van der Waals surface area contributed by atoms with Gasteiger partial charge in [-0.15, -0.1) is 0 Å². The monoisotopic (exact) mass is 312 g/mol. The molecule has 0 unspecified atom stereocenters. The molecule has 0 saturated carbocycles. The number of carbonyl (C=O) groups is 1. The summed E-state index contributed by atoms with van der Waals surface area (Å²) < 4.78 is 5.26. The van der Waals surface area contributed by atoms with Gasteiger partial charge >= 0.3 is 6.09 Å². The van der Waals surface area contributed by atoms with Gasteiger partial charge in [0.05, 0.1) is 6.04 Å². The van der Waals surface area contributed by atoms with Crippen LogP contribution in [0.15, 0.2) is 6.07 Å². The first kappa shape index (κ1) is 15.8. The Balaban J connectivity index is 1.93. The Bertz CT molecular complexity index is 510. The molecule has 0 spiro atoms. The summed E-state index contributed by atoms with van der Waals surface area (Å²) in [5, 5.41) is 3.32. The number of nitrogens with one attached hydrogen (secondary N) is 1. The van der Waals surface area contributed by atoms with E-state index in [0.29, 0.717) is 17.5 Å². The quantitative estimate of drug-likeness (QED) is 0.850. The lowest BCUT2D eigenvalue weighted by atomic mass is 10.2. The van der Waals surface area contributed by atoms with Crippen molar-refractivity contribution in [3.63, 3.8) is 0 Å². The van der Waals surface area contributed by atoms with Crippen LogP contribution in [0.4, 0.5) is 10.6 Å². The van der Waals surface area contributed by atoms with Gasteiger partial charge in [0.25, 0.3) is 0 Å². The van der Waals surface area contributed by atoms with Crippen molar-refractivity contribution < 1.29 is 9.53 Å². The number of amides is 1. The van der Waals surface area contributed by atoms with Crippen molar-refractivity contribution in [3.8, 4) is 0 Å². The molecule has 0 aliphatic carbocycles. The third-order valence-corrected chi connectivity index (χ3v) is 3.22. The molecule has 2 heterocycles. The van der Waals surface area contributed by atoms with E-state index in [1.165, 1.54) is 0 Å². The lowest BCUT2D eigenvalue weighted by Gasteiger charge is -2.22. The largest absolute Gasteiger partial charge is 0.444 e. The van der Waals surface area contributed by atoms with Crippen LogP contribution in [-0.4, -0.2) is 40.8 Å². The van der Waals surface area contributed by atoms with Crippen LogP contribution in [0.1, 0.15) is 33.0 Å². The van der Waals surface area contributed by atoms with E-state index in [0.717, 1.165) is 18.8 Å². The number of alkyl carbamates (subject to hydrolysis) is 1. The van der Waals surface area contributed by atoms with Crippen LogP contribution in [-0.2, 0) is 4.74 Å². The van der Waals surface area contributed by atoms with E-state index in [1.54, 1.807) is 6.07 Å². The highest BCUT2D eigenvalue weighted by molar-refractivity contribution is 6.29. The molecule has 1 aromatic rings. The number of carbonyl (C=O) groups excluding carboxylic acids is 1. The third kappa shape index (κ3) is 4.74. The Morgan fingerprint density at radius 2 is 2.19 bits per heavy atom. The minimum atomic E-state index is -0.486. The molecule has 1 saturated heterocycles. The predicted molar refractivity (Wildman–Crippen MR) is 81.8 cm³/mol. The highest BCUT2D eigenvalue weighted by Crippen LogP contribution is 2.21. The minimum Gasteiger partial charge on any atom is -0.444 e. The van der Waals surface area contributed by atoms with Crippen LogP contribution < -0.4 is 10.2 Å². The summed E-state index contributed by atoms with van der Waals surface area (Å²) in [7, 11) is 0. The number of nitrogens with zero attached hydrogens (tertiary/aromatic N) is 3. The SMILES string of the molecule is Cc1nc(Cl)cc(N2CC[C@H](NC(=O)OC(C)(C)C)C2)n1. The molecule has 1 amide bonds. The molecular weight excluding hydrogens is 292 g/mol. The molecule has 7 heteroatoms. The molecule has 0 radical (unpaired) electrons. The van der Waals surface area contributed by atoms with Crippen molar-refractivity contribution >= 4 is 23.5 Å². The summed E-state index contributed by atoms with van der Waals surface area (Å²) >= 11 is 5.95. The van der Waals surface area contributed by atoms with Crippen molar-refractivity contribution in [1.82, 2.24) is 15.3 Å². The van der Waals surface area contributed by atoms with E-state index in [-0.39, 0.29) is 12.1 Å². The molecule has 1 aliphatic heterocycles. The molecule has 0 aromatic carbocycles. The topological polar surface area (TPSA) is 67.4 Å². The number of aromatic nitrogens is 2. The summed E-state index contributed by atoms with van der Waals surface area (Å²) in [5.41, 5.74) is -0.486. The molecule has 116 valence electrons. The smallest absolute Gasteiger partial charge is 0.407 e. The second-order valence-electron chi connectivity index (χ2n) is 6.17. The van der Waals surface area contributed by atoms with E-state index >= 15 is 0 Å². The second kappa shape index (κ2) is 6.05. The molecular formula is C14H21ClN4O2. The van der Waals surface area contributed by atoms with Crippen molar-refractivity contribution in [2.75, 3.05) is 18.0 Å². The fourth-order valence-electron chi connectivity index (χ4n) is 2.24. The molecule has 2 rings (SSSR count). The Morgan fingerprint density at radius 3 is 2.81 bits per heavy atom. The minimum absolute atomic E-state index is 0.0499. The van der Waals surface area contributed by atoms with Crippen molar-refractivity contribution in [3.05, 3.63) is 17.0 Å². The van der Waals surface area contributed by atoms with Gasteiger partial charge in [-0.3, -0.25) is 0 Å². The third-order valence-electron chi connectivity index (χ3n) is 3.03. The van der Waals surface area contributed by atoms with Gasteiger partial charge in [-0.2, -0.15) is 0 Å². The van der Waals surface area contributed by atoms with Crippen molar-refractivity contribution in [1.29, 1.82) is 0 Å². The molecule has 1 atom stereocenters. The molecule has 1 aliphatic rings. The zero-order chi connectivity index (χ0) is 15.6. The highest BCUT2D eigenvalue weighted by atomic mass is 35.5. The van der Waals surface area contributed by atoms with Gasteiger partial charge in [-0.25, -0.2) is 14.8 Å². The summed E-state index contributed by atoms with van der Waals surface area (Å²) in [5.74, 6) is 1.43. The average Bonchev–Trinajstić information content (AvgIpc) is 2.73. The molecule has 1 N–H and O–H groups in total. The maximum atomic E-state index is 11.8. The predicted octanol–water partition coefficient (Wildman–Crippen LogP) is 2.54. The van der Waals surface area contributed by atoms with Crippen LogP contribution in [0.2, 0.25) is 5.15 Å². The zero-order valence-corrected chi connectivity index (χ0v) is 13.6. The lowest BCUT2D eigenvalue weighted by Crippen LogP contribution is -2.40. The molecule has 21 heavy (non-hydrogen) atoms. The maximum absolute atomic E-state index is 11.8. The number of ether oxygens (including phenoxy) is 1. The summed E-state index contributed by atoms with van der Waals surface area (Å²) in [6.07, 6.45) is 0.464. The van der Waals surface area contributed by atoms with Gasteiger partial charge in [0.1, 0.15) is 22.4 Å². The molecule has 6 nitrogen and oxygen atoms in total. The van der Waals surface area contributed by atoms with E-state index < -0.39 is 5.60 Å². The molecule has 1 aromatic heterocycles. The fraction of sp³-hybridized carbons (Fsp3) is 0.643. The van der Waals surface area contributed by atoms with Crippen LogP contribution in [0.5, 0.6) is 0 Å². The van der Waals surface area contributed by atoms with E-state index in [4.69, 9.17) is 16.3 Å². The Hall–Kier alpha value is -1.56.